The zero-order valence-corrected chi connectivity index (χ0v) is 10.4. The van der Waals surface area contributed by atoms with E-state index in [-0.39, 0.29) is 5.97 Å². The lowest BCUT2D eigenvalue weighted by Crippen LogP contribution is -2.02. The van der Waals surface area contributed by atoms with Gasteiger partial charge in [0.05, 0.1) is 6.61 Å². The summed E-state index contributed by atoms with van der Waals surface area (Å²) in [5.41, 5.74) is 0. The third-order valence-corrected chi connectivity index (χ3v) is 1.71. The molecule has 0 heterocycles. The van der Waals surface area contributed by atoms with Gasteiger partial charge in [0.15, 0.2) is 0 Å². The van der Waals surface area contributed by atoms with Gasteiger partial charge in [0, 0.05) is 6.92 Å². The van der Waals surface area contributed by atoms with E-state index in [0.29, 0.717) is 12.5 Å². The summed E-state index contributed by atoms with van der Waals surface area (Å²) in [4.78, 5) is 10.2. The van der Waals surface area contributed by atoms with Crippen LogP contribution < -0.4 is 0 Å². The Labute approximate surface area is 89.0 Å². The first-order chi connectivity index (χ1) is 6.54. The van der Waals surface area contributed by atoms with Crippen LogP contribution in [0, 0.1) is 5.92 Å². The van der Waals surface area contributed by atoms with Gasteiger partial charge < -0.3 is 4.74 Å². The Morgan fingerprint density at radius 3 is 1.93 bits per heavy atom. The number of ether oxygens (including phenoxy) is 1. The molecule has 0 saturated heterocycles. The summed E-state index contributed by atoms with van der Waals surface area (Å²) in [7, 11) is 0. The molecule has 0 saturated carbocycles. The molecule has 2 heteroatoms. The smallest absolute Gasteiger partial charge is 0.302 e. The van der Waals surface area contributed by atoms with Gasteiger partial charge in [-0.3, -0.25) is 4.79 Å². The van der Waals surface area contributed by atoms with Crippen molar-refractivity contribution in [2.24, 2.45) is 5.92 Å². The van der Waals surface area contributed by atoms with Gasteiger partial charge in [-0.15, -0.1) is 0 Å². The average molecular weight is 202 g/mol. The van der Waals surface area contributed by atoms with Crippen molar-refractivity contribution in [3.05, 3.63) is 0 Å². The maximum Gasteiger partial charge on any atom is 0.302 e. The monoisotopic (exact) mass is 202 g/mol. The number of carbonyl (C=O) groups is 1. The third-order valence-electron chi connectivity index (χ3n) is 1.71. The van der Waals surface area contributed by atoms with Crippen LogP contribution in [0.3, 0.4) is 0 Å². The zero-order chi connectivity index (χ0) is 11.4. The molecule has 2 nitrogen and oxygen atoms in total. The Hall–Kier alpha value is -0.530. The molecule has 0 amide bonds. The molecular formula is C12H26O2. The second-order valence-electron chi connectivity index (χ2n) is 3.88. The first kappa shape index (κ1) is 15.9. The number of hydrogen-bond acceptors (Lipinski definition) is 2. The van der Waals surface area contributed by atoms with E-state index in [1.54, 1.807) is 0 Å². The van der Waals surface area contributed by atoms with E-state index in [1.807, 2.05) is 0 Å². The molecule has 0 aliphatic heterocycles. The van der Waals surface area contributed by atoms with E-state index in [0.717, 1.165) is 6.42 Å². The molecule has 0 aromatic rings. The van der Waals surface area contributed by atoms with Crippen molar-refractivity contribution in [2.75, 3.05) is 6.61 Å². The van der Waals surface area contributed by atoms with E-state index < -0.39 is 0 Å². The molecule has 0 aromatic carbocycles. The number of esters is 1. The molecule has 86 valence electrons. The normalized spacial score (nSPS) is 9.29. The van der Waals surface area contributed by atoms with Crippen molar-refractivity contribution in [2.45, 2.75) is 60.3 Å². The summed E-state index contributed by atoms with van der Waals surface area (Å²) in [6.45, 7) is 10.6. The standard InChI is InChI=1S/C7H14O2.C5H12/c1-6(2)4-5-9-7(3)8;1-3-5-4-2/h6H,4-5H2,1-3H3;3-5H2,1-2H3. The lowest BCUT2D eigenvalue weighted by Gasteiger charge is -2.02. The van der Waals surface area contributed by atoms with E-state index >= 15 is 0 Å². The van der Waals surface area contributed by atoms with Gasteiger partial charge in [0.1, 0.15) is 0 Å². The Morgan fingerprint density at radius 1 is 1.21 bits per heavy atom. The fourth-order valence-electron chi connectivity index (χ4n) is 0.792. The predicted octanol–water partition coefficient (Wildman–Crippen LogP) is 3.79. The van der Waals surface area contributed by atoms with Crippen LogP contribution in [-0.2, 0) is 9.53 Å². The molecule has 0 aliphatic rings. The van der Waals surface area contributed by atoms with E-state index in [9.17, 15) is 4.79 Å². The molecule has 0 atom stereocenters. The largest absolute Gasteiger partial charge is 0.466 e. The second-order valence-corrected chi connectivity index (χ2v) is 3.88. The lowest BCUT2D eigenvalue weighted by atomic mass is 10.1. The number of hydrogen-bond donors (Lipinski definition) is 0. The molecule has 0 rings (SSSR count). The molecule has 0 fully saturated rings. The van der Waals surface area contributed by atoms with Gasteiger partial charge in [-0.2, -0.15) is 0 Å². The highest BCUT2D eigenvalue weighted by atomic mass is 16.5. The fourth-order valence-corrected chi connectivity index (χ4v) is 0.792. The SMILES string of the molecule is CC(=O)OCCC(C)C.CCCCC. The van der Waals surface area contributed by atoms with Crippen LogP contribution in [0.25, 0.3) is 0 Å². The molecule has 0 aromatic heterocycles. The Morgan fingerprint density at radius 2 is 1.71 bits per heavy atom. The van der Waals surface area contributed by atoms with Crippen LogP contribution in [0.1, 0.15) is 60.3 Å². The van der Waals surface area contributed by atoms with Crippen LogP contribution in [0.4, 0.5) is 0 Å². The van der Waals surface area contributed by atoms with Crippen LogP contribution in [0.5, 0.6) is 0 Å². The van der Waals surface area contributed by atoms with Gasteiger partial charge in [-0.25, -0.2) is 0 Å². The molecule has 0 spiro atoms. The van der Waals surface area contributed by atoms with Crippen molar-refractivity contribution in [1.82, 2.24) is 0 Å². The highest BCUT2D eigenvalue weighted by Gasteiger charge is 1.94. The summed E-state index contributed by atoms with van der Waals surface area (Å²) in [5, 5.41) is 0. The zero-order valence-electron chi connectivity index (χ0n) is 10.4. The van der Waals surface area contributed by atoms with Crippen molar-refractivity contribution in [3.8, 4) is 0 Å². The minimum absolute atomic E-state index is 0.185. The van der Waals surface area contributed by atoms with Crippen molar-refractivity contribution in [1.29, 1.82) is 0 Å². The molecule has 0 radical (unpaired) electrons. The quantitative estimate of drug-likeness (QED) is 0.634. The van der Waals surface area contributed by atoms with Crippen molar-refractivity contribution < 1.29 is 9.53 Å². The molecule has 0 bridgehead atoms. The summed E-state index contributed by atoms with van der Waals surface area (Å²) in [6.07, 6.45) is 5.03. The van der Waals surface area contributed by atoms with Gasteiger partial charge >= 0.3 is 5.97 Å². The maximum absolute atomic E-state index is 10.2. The van der Waals surface area contributed by atoms with E-state index in [4.69, 9.17) is 4.74 Å². The number of unbranched alkanes of at least 4 members (excludes halogenated alkanes) is 2. The van der Waals surface area contributed by atoms with Crippen LogP contribution >= 0.6 is 0 Å². The highest BCUT2D eigenvalue weighted by molar-refractivity contribution is 5.65. The Bertz CT molecular complexity index is 117. The first-order valence-electron chi connectivity index (χ1n) is 5.67. The summed E-state index contributed by atoms with van der Waals surface area (Å²) in [5.74, 6) is 0.431. The van der Waals surface area contributed by atoms with E-state index in [2.05, 4.69) is 27.7 Å². The van der Waals surface area contributed by atoms with Crippen molar-refractivity contribution >= 4 is 5.97 Å². The maximum atomic E-state index is 10.2. The van der Waals surface area contributed by atoms with Crippen LogP contribution in [-0.4, -0.2) is 12.6 Å². The Kier molecular flexibility index (Phi) is 14.2. The number of carbonyl (C=O) groups excluding carboxylic acids is 1. The van der Waals surface area contributed by atoms with Crippen LogP contribution in [0.15, 0.2) is 0 Å². The number of rotatable bonds is 5. The van der Waals surface area contributed by atoms with Gasteiger partial charge in [-0.1, -0.05) is 47.0 Å². The van der Waals surface area contributed by atoms with Gasteiger partial charge in [-0.05, 0) is 12.3 Å². The summed E-state index contributed by atoms with van der Waals surface area (Å²) < 4.78 is 4.71. The minimum atomic E-state index is -0.185. The lowest BCUT2D eigenvalue weighted by molar-refractivity contribution is -0.141. The summed E-state index contributed by atoms with van der Waals surface area (Å²) >= 11 is 0. The molecule has 14 heavy (non-hydrogen) atoms. The van der Waals surface area contributed by atoms with Crippen molar-refractivity contribution in [3.63, 3.8) is 0 Å². The second kappa shape index (κ2) is 12.5. The Balaban J connectivity index is 0. The highest BCUT2D eigenvalue weighted by Crippen LogP contribution is 1.98. The first-order valence-corrected chi connectivity index (χ1v) is 5.67. The summed E-state index contributed by atoms with van der Waals surface area (Å²) in [6, 6.07) is 0. The average Bonchev–Trinajstić information content (AvgIpc) is 2.05. The topological polar surface area (TPSA) is 26.3 Å². The van der Waals surface area contributed by atoms with Gasteiger partial charge in [0.25, 0.3) is 0 Å². The minimum Gasteiger partial charge on any atom is -0.466 e. The molecule has 0 aliphatic carbocycles. The molecule has 0 unspecified atom stereocenters. The molecular weight excluding hydrogens is 176 g/mol. The predicted molar refractivity (Wildman–Crippen MR) is 61.3 cm³/mol. The van der Waals surface area contributed by atoms with E-state index in [1.165, 1.54) is 26.2 Å². The third kappa shape index (κ3) is 22.5. The fraction of sp³-hybridized carbons (Fsp3) is 0.917. The van der Waals surface area contributed by atoms with Crippen LogP contribution in [0.2, 0.25) is 0 Å². The molecule has 0 N–H and O–H groups in total. The van der Waals surface area contributed by atoms with Gasteiger partial charge in [0.2, 0.25) is 0 Å².